The van der Waals surface area contributed by atoms with Crippen molar-refractivity contribution in [1.82, 2.24) is 9.97 Å². The molecule has 0 saturated carbocycles. The van der Waals surface area contributed by atoms with Gasteiger partial charge < -0.3 is 14.8 Å². The molecule has 2 aromatic rings. The van der Waals surface area contributed by atoms with Gasteiger partial charge in [-0.1, -0.05) is 6.92 Å². The third-order valence-corrected chi connectivity index (χ3v) is 3.18. The summed E-state index contributed by atoms with van der Waals surface area (Å²) in [5, 5.41) is 8.96. The molecule has 1 aromatic carbocycles. The standard InChI is InChI=1S/C16H20N2O3/c1-3-10-21-13-6-4-12(5-7-13)15-17-11(2)14(8-9-19)16(20)18-15/h4-7,19H,3,8-10H2,1-2H3,(H,17,18,20). The van der Waals surface area contributed by atoms with Crippen LogP contribution in [0.25, 0.3) is 11.4 Å². The SMILES string of the molecule is CCCOc1ccc(-c2nc(C)c(CCO)c(=O)[nH]2)cc1. The van der Waals surface area contributed by atoms with Crippen LogP contribution in [0.5, 0.6) is 5.75 Å². The second-order valence-electron chi connectivity index (χ2n) is 4.82. The van der Waals surface area contributed by atoms with Gasteiger partial charge in [0.2, 0.25) is 0 Å². The summed E-state index contributed by atoms with van der Waals surface area (Å²) < 4.78 is 5.52. The predicted molar refractivity (Wildman–Crippen MR) is 81.6 cm³/mol. The van der Waals surface area contributed by atoms with Gasteiger partial charge in [0.15, 0.2) is 0 Å². The van der Waals surface area contributed by atoms with Gasteiger partial charge in [-0.15, -0.1) is 0 Å². The maximum atomic E-state index is 12.0. The smallest absolute Gasteiger partial charge is 0.254 e. The van der Waals surface area contributed by atoms with Crippen molar-refractivity contribution in [3.63, 3.8) is 0 Å². The normalized spacial score (nSPS) is 10.6. The molecule has 1 aromatic heterocycles. The first-order valence-corrected chi connectivity index (χ1v) is 7.09. The van der Waals surface area contributed by atoms with E-state index in [9.17, 15) is 4.79 Å². The molecule has 0 fully saturated rings. The Kier molecular flexibility index (Phi) is 5.11. The molecule has 2 rings (SSSR count). The van der Waals surface area contributed by atoms with Crippen LogP contribution in [0.1, 0.15) is 24.6 Å². The summed E-state index contributed by atoms with van der Waals surface area (Å²) in [6, 6.07) is 7.47. The number of H-pyrrole nitrogens is 1. The molecule has 0 bridgehead atoms. The Morgan fingerprint density at radius 3 is 2.57 bits per heavy atom. The van der Waals surface area contributed by atoms with Gasteiger partial charge in [0.05, 0.1) is 6.61 Å². The van der Waals surface area contributed by atoms with Crippen molar-refractivity contribution in [2.45, 2.75) is 26.7 Å². The highest BCUT2D eigenvalue weighted by atomic mass is 16.5. The van der Waals surface area contributed by atoms with Crippen LogP contribution in [-0.2, 0) is 6.42 Å². The number of aromatic nitrogens is 2. The monoisotopic (exact) mass is 288 g/mol. The van der Waals surface area contributed by atoms with E-state index in [4.69, 9.17) is 9.84 Å². The number of aromatic amines is 1. The van der Waals surface area contributed by atoms with Crippen molar-refractivity contribution in [1.29, 1.82) is 0 Å². The summed E-state index contributed by atoms with van der Waals surface area (Å²) in [6.07, 6.45) is 1.28. The van der Waals surface area contributed by atoms with E-state index in [1.54, 1.807) is 6.92 Å². The summed E-state index contributed by atoms with van der Waals surface area (Å²) in [4.78, 5) is 19.2. The summed E-state index contributed by atoms with van der Waals surface area (Å²) in [5.74, 6) is 1.33. The fourth-order valence-electron chi connectivity index (χ4n) is 2.08. The van der Waals surface area contributed by atoms with Gasteiger partial charge in [-0.3, -0.25) is 4.79 Å². The van der Waals surface area contributed by atoms with Crippen LogP contribution in [-0.4, -0.2) is 28.3 Å². The van der Waals surface area contributed by atoms with Crippen LogP contribution in [0.2, 0.25) is 0 Å². The molecule has 112 valence electrons. The molecule has 0 spiro atoms. The third-order valence-electron chi connectivity index (χ3n) is 3.18. The minimum absolute atomic E-state index is 0.0611. The maximum Gasteiger partial charge on any atom is 0.254 e. The van der Waals surface area contributed by atoms with Crippen LogP contribution in [0.15, 0.2) is 29.1 Å². The number of aryl methyl sites for hydroxylation is 1. The van der Waals surface area contributed by atoms with Crippen molar-refractivity contribution >= 4 is 0 Å². The summed E-state index contributed by atoms with van der Waals surface area (Å²) in [6.45, 7) is 4.46. The van der Waals surface area contributed by atoms with Crippen molar-refractivity contribution < 1.29 is 9.84 Å². The highest BCUT2D eigenvalue weighted by molar-refractivity contribution is 5.56. The molecule has 0 aliphatic heterocycles. The van der Waals surface area contributed by atoms with Crippen molar-refractivity contribution in [2.24, 2.45) is 0 Å². The number of benzene rings is 1. The van der Waals surface area contributed by atoms with E-state index in [2.05, 4.69) is 16.9 Å². The van der Waals surface area contributed by atoms with Crippen LogP contribution in [0.4, 0.5) is 0 Å². The topological polar surface area (TPSA) is 75.2 Å². The van der Waals surface area contributed by atoms with E-state index < -0.39 is 0 Å². The molecule has 5 heteroatoms. The molecule has 21 heavy (non-hydrogen) atoms. The molecule has 5 nitrogen and oxygen atoms in total. The molecular weight excluding hydrogens is 268 g/mol. The third kappa shape index (κ3) is 3.70. The molecule has 0 radical (unpaired) electrons. The maximum absolute atomic E-state index is 12.0. The number of aliphatic hydroxyl groups excluding tert-OH is 1. The Morgan fingerprint density at radius 2 is 2.00 bits per heavy atom. The summed E-state index contributed by atoms with van der Waals surface area (Å²) >= 11 is 0. The van der Waals surface area contributed by atoms with Crippen molar-refractivity contribution in [2.75, 3.05) is 13.2 Å². The average molecular weight is 288 g/mol. The minimum Gasteiger partial charge on any atom is -0.494 e. The highest BCUT2D eigenvalue weighted by Gasteiger charge is 2.09. The largest absolute Gasteiger partial charge is 0.494 e. The van der Waals surface area contributed by atoms with E-state index in [1.807, 2.05) is 24.3 Å². The first-order chi connectivity index (χ1) is 10.2. The van der Waals surface area contributed by atoms with E-state index in [-0.39, 0.29) is 12.2 Å². The Hall–Kier alpha value is -2.14. The van der Waals surface area contributed by atoms with Gasteiger partial charge in [0.25, 0.3) is 5.56 Å². The molecule has 0 amide bonds. The first kappa shape index (κ1) is 15.3. The molecule has 0 aliphatic carbocycles. The Labute approximate surface area is 123 Å². The Balaban J connectivity index is 2.28. The average Bonchev–Trinajstić information content (AvgIpc) is 2.49. The zero-order chi connectivity index (χ0) is 15.2. The highest BCUT2D eigenvalue weighted by Crippen LogP contribution is 2.19. The number of hydrogen-bond donors (Lipinski definition) is 2. The Morgan fingerprint density at radius 1 is 1.29 bits per heavy atom. The van der Waals surface area contributed by atoms with Crippen molar-refractivity contribution in [3.8, 4) is 17.1 Å². The lowest BCUT2D eigenvalue weighted by Crippen LogP contribution is -2.18. The van der Waals surface area contributed by atoms with Gasteiger partial charge >= 0.3 is 0 Å². The number of hydrogen-bond acceptors (Lipinski definition) is 4. The van der Waals surface area contributed by atoms with Crippen LogP contribution < -0.4 is 10.3 Å². The lowest BCUT2D eigenvalue weighted by molar-refractivity contribution is 0.298. The predicted octanol–water partition coefficient (Wildman–Crippen LogP) is 2.07. The Bertz CT molecular complexity index is 648. The zero-order valence-electron chi connectivity index (χ0n) is 12.3. The molecule has 0 atom stereocenters. The summed E-state index contributed by atoms with van der Waals surface area (Å²) in [5.41, 5.74) is 1.81. The zero-order valence-corrected chi connectivity index (χ0v) is 12.3. The van der Waals surface area contributed by atoms with E-state index in [0.29, 0.717) is 30.1 Å². The fraction of sp³-hybridized carbons (Fsp3) is 0.375. The molecule has 2 N–H and O–H groups in total. The lowest BCUT2D eigenvalue weighted by atomic mass is 10.1. The number of aliphatic hydroxyl groups is 1. The second-order valence-corrected chi connectivity index (χ2v) is 4.82. The molecule has 1 heterocycles. The van der Waals surface area contributed by atoms with Gasteiger partial charge in [0, 0.05) is 29.8 Å². The first-order valence-electron chi connectivity index (χ1n) is 7.09. The minimum atomic E-state index is -0.196. The van der Waals surface area contributed by atoms with Gasteiger partial charge in [0.1, 0.15) is 11.6 Å². The van der Waals surface area contributed by atoms with E-state index in [1.165, 1.54) is 0 Å². The van der Waals surface area contributed by atoms with Crippen LogP contribution in [0, 0.1) is 6.92 Å². The van der Waals surface area contributed by atoms with Gasteiger partial charge in [-0.05, 0) is 37.6 Å². The van der Waals surface area contributed by atoms with E-state index in [0.717, 1.165) is 17.7 Å². The molecular formula is C16H20N2O3. The van der Waals surface area contributed by atoms with Crippen LogP contribution >= 0.6 is 0 Å². The lowest BCUT2D eigenvalue weighted by Gasteiger charge is -2.08. The van der Waals surface area contributed by atoms with Crippen molar-refractivity contribution in [3.05, 3.63) is 45.9 Å². The van der Waals surface area contributed by atoms with Gasteiger partial charge in [-0.2, -0.15) is 0 Å². The van der Waals surface area contributed by atoms with Gasteiger partial charge in [-0.25, -0.2) is 4.98 Å². The number of rotatable bonds is 6. The molecule has 0 unspecified atom stereocenters. The number of nitrogens with one attached hydrogen (secondary N) is 1. The molecule has 0 aliphatic rings. The quantitative estimate of drug-likeness (QED) is 0.853. The number of nitrogens with zero attached hydrogens (tertiary/aromatic N) is 1. The van der Waals surface area contributed by atoms with E-state index >= 15 is 0 Å². The second kappa shape index (κ2) is 7.04. The summed E-state index contributed by atoms with van der Waals surface area (Å²) in [7, 11) is 0. The van der Waals surface area contributed by atoms with Crippen LogP contribution in [0.3, 0.4) is 0 Å². The number of ether oxygens (including phenoxy) is 1. The molecule has 0 saturated heterocycles. The fourth-order valence-corrected chi connectivity index (χ4v) is 2.08.